The normalized spacial score (nSPS) is 10.9. The van der Waals surface area contributed by atoms with Gasteiger partial charge in [-0.25, -0.2) is 18.9 Å². The number of amides is 1. The maximum atomic E-state index is 13.2. The van der Waals surface area contributed by atoms with Gasteiger partial charge in [0.05, 0.1) is 18.6 Å². The van der Waals surface area contributed by atoms with Crippen LogP contribution in [0.1, 0.15) is 10.4 Å². The number of aromatic nitrogens is 5. The van der Waals surface area contributed by atoms with E-state index in [1.807, 2.05) is 30.3 Å². The molecule has 0 unspecified atom stereocenters. The van der Waals surface area contributed by atoms with Crippen LogP contribution in [-0.4, -0.2) is 30.1 Å². The second kappa shape index (κ2) is 5.71. The number of hydrogen-bond donors (Lipinski definition) is 2. The summed E-state index contributed by atoms with van der Waals surface area (Å²) in [6.45, 7) is 0. The molecular weight excluding hydrogens is 325 g/mol. The lowest BCUT2D eigenvalue weighted by Crippen LogP contribution is -2.16. The molecule has 0 radical (unpaired) electrons. The summed E-state index contributed by atoms with van der Waals surface area (Å²) in [6.07, 6.45) is 5.20. The highest BCUT2D eigenvalue weighted by Crippen LogP contribution is 2.20. The Morgan fingerprint density at radius 2 is 2.00 bits per heavy atom. The molecule has 3 aromatic heterocycles. The van der Waals surface area contributed by atoms with Crippen LogP contribution >= 0.6 is 0 Å². The van der Waals surface area contributed by atoms with Gasteiger partial charge in [0.1, 0.15) is 17.7 Å². The van der Waals surface area contributed by atoms with E-state index in [0.717, 1.165) is 22.6 Å². The zero-order valence-electron chi connectivity index (χ0n) is 12.8. The third-order valence-corrected chi connectivity index (χ3v) is 3.61. The van der Waals surface area contributed by atoms with E-state index in [-0.39, 0.29) is 17.0 Å². The van der Waals surface area contributed by atoms with Crippen molar-refractivity contribution < 1.29 is 9.18 Å². The number of benzene rings is 1. The summed E-state index contributed by atoms with van der Waals surface area (Å²) in [5, 5.41) is 6.65. The predicted octanol–water partition coefficient (Wildman–Crippen LogP) is 1.89. The number of carbonyl (C=O) groups excluding carboxylic acids is 1. The monoisotopic (exact) mass is 337 g/mol. The van der Waals surface area contributed by atoms with Crippen LogP contribution in [0.4, 0.5) is 16.0 Å². The minimum Gasteiger partial charge on any atom is -0.381 e. The molecule has 0 saturated carbocycles. The number of nitrogens with zero attached hydrogens (tertiary/aromatic N) is 5. The van der Waals surface area contributed by atoms with Crippen molar-refractivity contribution in [2.24, 2.45) is 0 Å². The van der Waals surface area contributed by atoms with Crippen LogP contribution in [0.15, 0.2) is 55.2 Å². The minimum absolute atomic E-state index is 0.0404. The summed E-state index contributed by atoms with van der Waals surface area (Å²) in [4.78, 5) is 20.6. The smallest absolute Gasteiger partial charge is 0.264 e. The number of halogens is 1. The first kappa shape index (κ1) is 14.8. The van der Waals surface area contributed by atoms with Crippen LogP contribution < -0.4 is 11.1 Å². The molecule has 3 N–H and O–H groups in total. The molecule has 0 saturated heterocycles. The van der Waals surface area contributed by atoms with Crippen LogP contribution in [-0.2, 0) is 0 Å². The minimum atomic E-state index is -0.580. The third-order valence-electron chi connectivity index (χ3n) is 3.61. The maximum Gasteiger partial charge on any atom is 0.264 e. The van der Waals surface area contributed by atoms with Gasteiger partial charge in [-0.2, -0.15) is 0 Å². The van der Waals surface area contributed by atoms with Gasteiger partial charge < -0.3 is 11.1 Å². The summed E-state index contributed by atoms with van der Waals surface area (Å²) in [5.74, 6) is -0.674. The quantitative estimate of drug-likeness (QED) is 0.594. The van der Waals surface area contributed by atoms with Crippen molar-refractivity contribution in [1.29, 1.82) is 0 Å². The fraction of sp³-hybridized carbons (Fsp3) is 0. The van der Waals surface area contributed by atoms with E-state index < -0.39 is 11.7 Å². The number of nitrogens with two attached hydrogens (primary N) is 1. The summed E-state index contributed by atoms with van der Waals surface area (Å²) in [7, 11) is 0. The zero-order chi connectivity index (χ0) is 17.4. The Bertz CT molecular complexity index is 1070. The number of rotatable bonds is 3. The molecule has 0 bridgehead atoms. The number of anilines is 2. The SMILES string of the molecule is Nc1nn2cc(F)cnc2c1C(=O)Nc1cncn1-c1ccccc1. The van der Waals surface area contributed by atoms with Crippen molar-refractivity contribution in [1.82, 2.24) is 24.1 Å². The highest BCUT2D eigenvalue weighted by atomic mass is 19.1. The first-order valence-electron chi connectivity index (χ1n) is 7.32. The average Bonchev–Trinajstić information content (AvgIpc) is 3.18. The lowest BCUT2D eigenvalue weighted by molar-refractivity contribution is 0.102. The zero-order valence-corrected chi connectivity index (χ0v) is 12.8. The van der Waals surface area contributed by atoms with Gasteiger partial charge >= 0.3 is 0 Å². The summed E-state index contributed by atoms with van der Waals surface area (Å²) in [5.41, 5.74) is 6.88. The van der Waals surface area contributed by atoms with Gasteiger partial charge in [-0.1, -0.05) is 18.2 Å². The molecule has 4 rings (SSSR count). The number of para-hydroxylation sites is 1. The number of nitrogen functional groups attached to an aromatic ring is 1. The number of nitrogens with one attached hydrogen (secondary N) is 1. The van der Waals surface area contributed by atoms with Crippen molar-refractivity contribution in [3.8, 4) is 5.69 Å². The fourth-order valence-corrected chi connectivity index (χ4v) is 2.51. The van der Waals surface area contributed by atoms with Crippen molar-refractivity contribution in [3.63, 3.8) is 0 Å². The van der Waals surface area contributed by atoms with Gasteiger partial charge in [0.15, 0.2) is 17.3 Å². The first-order valence-corrected chi connectivity index (χ1v) is 7.32. The molecule has 9 heteroatoms. The van der Waals surface area contributed by atoms with Gasteiger partial charge in [0.2, 0.25) is 0 Å². The fourth-order valence-electron chi connectivity index (χ4n) is 2.51. The molecule has 4 aromatic rings. The standard InChI is InChI=1S/C16H12FN7O/c17-10-6-20-15-13(14(18)22-24(15)8-10)16(25)21-12-7-19-9-23(12)11-4-2-1-3-5-11/h1-9H,(H2,18,22)(H,21,25). The highest BCUT2D eigenvalue weighted by Gasteiger charge is 2.21. The Morgan fingerprint density at radius 3 is 2.80 bits per heavy atom. The van der Waals surface area contributed by atoms with Crippen molar-refractivity contribution in [2.45, 2.75) is 0 Å². The van der Waals surface area contributed by atoms with E-state index in [4.69, 9.17) is 5.73 Å². The second-order valence-electron chi connectivity index (χ2n) is 5.24. The Balaban J connectivity index is 1.71. The summed E-state index contributed by atoms with van der Waals surface area (Å²) in [6, 6.07) is 9.41. The Morgan fingerprint density at radius 1 is 1.20 bits per heavy atom. The van der Waals surface area contributed by atoms with Crippen molar-refractivity contribution in [2.75, 3.05) is 11.1 Å². The molecule has 0 spiro atoms. The molecule has 124 valence electrons. The number of imidazole rings is 1. The highest BCUT2D eigenvalue weighted by molar-refractivity contribution is 6.11. The molecule has 0 aliphatic heterocycles. The van der Waals surface area contributed by atoms with Crippen LogP contribution in [0.3, 0.4) is 0 Å². The van der Waals surface area contributed by atoms with Crippen molar-refractivity contribution >= 4 is 23.2 Å². The topological polar surface area (TPSA) is 103 Å². The molecule has 0 fully saturated rings. The maximum absolute atomic E-state index is 13.2. The van der Waals surface area contributed by atoms with Gasteiger partial charge in [-0.05, 0) is 12.1 Å². The Labute approximate surface area is 140 Å². The molecule has 3 heterocycles. The van der Waals surface area contributed by atoms with E-state index in [0.29, 0.717) is 5.82 Å². The van der Waals surface area contributed by atoms with Crippen molar-refractivity contribution in [3.05, 3.63) is 66.6 Å². The van der Waals surface area contributed by atoms with Crippen LogP contribution in [0.2, 0.25) is 0 Å². The molecule has 0 aliphatic carbocycles. The van der Waals surface area contributed by atoms with E-state index in [9.17, 15) is 9.18 Å². The van der Waals surface area contributed by atoms with Gasteiger partial charge in [-0.3, -0.25) is 9.36 Å². The second-order valence-corrected chi connectivity index (χ2v) is 5.24. The molecule has 1 aromatic carbocycles. The summed E-state index contributed by atoms with van der Waals surface area (Å²) < 4.78 is 16.1. The van der Waals surface area contributed by atoms with Gasteiger partial charge in [0, 0.05) is 5.69 Å². The van der Waals surface area contributed by atoms with Gasteiger partial charge in [-0.15, -0.1) is 5.10 Å². The van der Waals surface area contributed by atoms with Crippen LogP contribution in [0.5, 0.6) is 0 Å². The van der Waals surface area contributed by atoms with E-state index in [1.165, 1.54) is 6.20 Å². The van der Waals surface area contributed by atoms with E-state index in [1.54, 1.807) is 10.9 Å². The molecule has 0 aliphatic rings. The molecule has 8 nitrogen and oxygen atoms in total. The van der Waals surface area contributed by atoms with E-state index in [2.05, 4.69) is 20.4 Å². The predicted molar refractivity (Wildman–Crippen MR) is 88.9 cm³/mol. The number of carbonyl (C=O) groups is 1. The largest absolute Gasteiger partial charge is 0.381 e. The average molecular weight is 337 g/mol. The lowest BCUT2D eigenvalue weighted by Gasteiger charge is -2.09. The Hall–Kier alpha value is -3.75. The molecular formula is C16H12FN7O. The molecule has 25 heavy (non-hydrogen) atoms. The van der Waals surface area contributed by atoms with Crippen LogP contribution in [0, 0.1) is 5.82 Å². The summed E-state index contributed by atoms with van der Waals surface area (Å²) >= 11 is 0. The number of fused-ring (bicyclic) bond motifs is 1. The first-order chi connectivity index (χ1) is 12.1. The molecule has 1 amide bonds. The van der Waals surface area contributed by atoms with E-state index >= 15 is 0 Å². The number of hydrogen-bond acceptors (Lipinski definition) is 5. The van der Waals surface area contributed by atoms with Gasteiger partial charge in [0.25, 0.3) is 5.91 Å². The third kappa shape index (κ3) is 2.57. The molecule has 0 atom stereocenters. The lowest BCUT2D eigenvalue weighted by atomic mass is 10.3. The van der Waals surface area contributed by atoms with Crippen LogP contribution in [0.25, 0.3) is 11.3 Å². The Kier molecular flexibility index (Phi) is 3.38.